The Morgan fingerprint density at radius 1 is 1.18 bits per heavy atom. The van der Waals surface area contributed by atoms with E-state index in [2.05, 4.69) is 5.32 Å². The van der Waals surface area contributed by atoms with Crippen molar-refractivity contribution in [3.8, 4) is 0 Å². The summed E-state index contributed by atoms with van der Waals surface area (Å²) >= 11 is 0. The number of alkyl halides is 3. The van der Waals surface area contributed by atoms with Crippen LogP contribution in [0.4, 0.5) is 24.5 Å². The van der Waals surface area contributed by atoms with Gasteiger partial charge in [-0.2, -0.15) is 13.2 Å². The van der Waals surface area contributed by atoms with Crippen molar-refractivity contribution < 1.29 is 18.0 Å². The maximum Gasteiger partial charge on any atom is 0.418 e. The molecule has 0 spiro atoms. The minimum absolute atomic E-state index is 0.0692. The maximum absolute atomic E-state index is 13.2. The summed E-state index contributed by atoms with van der Waals surface area (Å²) < 4.78 is 39.5. The molecule has 0 aliphatic rings. The smallest absolute Gasteiger partial charge is 0.378 e. The van der Waals surface area contributed by atoms with Gasteiger partial charge < -0.3 is 10.2 Å². The number of carbonyl (C=O) groups excluding carboxylic acids is 1. The summed E-state index contributed by atoms with van der Waals surface area (Å²) in [5.74, 6) is -0.452. The first-order valence-corrected chi connectivity index (χ1v) is 7.09. The molecule has 7 heteroatoms. The predicted molar refractivity (Wildman–Crippen MR) is 82.2 cm³/mol. The number of amides is 1. The van der Waals surface area contributed by atoms with Gasteiger partial charge in [-0.25, -0.2) is 0 Å². The quantitative estimate of drug-likeness (QED) is 0.876. The maximum atomic E-state index is 13.2. The van der Waals surface area contributed by atoms with Crippen LogP contribution < -0.4 is 10.2 Å². The van der Waals surface area contributed by atoms with Crippen LogP contribution in [0.2, 0.25) is 0 Å². The molecule has 0 aliphatic carbocycles. The molecule has 0 fully saturated rings. The Morgan fingerprint density at radius 3 is 2.23 bits per heavy atom. The van der Waals surface area contributed by atoms with Crippen molar-refractivity contribution in [2.45, 2.75) is 20.0 Å². The van der Waals surface area contributed by atoms with E-state index in [9.17, 15) is 18.0 Å². The van der Waals surface area contributed by atoms with Gasteiger partial charge in [-0.1, -0.05) is 13.8 Å². The van der Waals surface area contributed by atoms with Crippen LogP contribution in [0.1, 0.15) is 19.4 Å². The summed E-state index contributed by atoms with van der Waals surface area (Å²) in [5.41, 5.74) is -0.629. The molecule has 0 saturated carbocycles. The van der Waals surface area contributed by atoms with Gasteiger partial charge in [0.2, 0.25) is 5.91 Å². The molecular formula is C15H22F3N3O. The second kappa shape index (κ2) is 7.49. The van der Waals surface area contributed by atoms with Crippen molar-refractivity contribution in [1.29, 1.82) is 0 Å². The van der Waals surface area contributed by atoms with E-state index in [0.717, 1.165) is 6.07 Å². The number of nitrogens with zero attached hydrogens (tertiary/aromatic N) is 2. The largest absolute Gasteiger partial charge is 0.418 e. The third-order valence-corrected chi connectivity index (χ3v) is 3.36. The second-order valence-electron chi connectivity index (χ2n) is 5.13. The van der Waals surface area contributed by atoms with Gasteiger partial charge in [0.15, 0.2) is 0 Å². The molecule has 0 bridgehead atoms. The van der Waals surface area contributed by atoms with Crippen LogP contribution in [0.15, 0.2) is 18.2 Å². The molecule has 0 unspecified atom stereocenters. The standard InChI is InChI=1S/C15H22F3N3O/c1-5-21(6-2)10-14(22)19-13-8-7-11(20(3)4)9-12(13)15(16,17)18/h7-9H,5-6,10H2,1-4H3,(H,19,22). The van der Waals surface area contributed by atoms with Gasteiger partial charge in [0.1, 0.15) is 0 Å². The number of rotatable bonds is 6. The van der Waals surface area contributed by atoms with Gasteiger partial charge in [0, 0.05) is 19.8 Å². The Hall–Kier alpha value is -1.76. The van der Waals surface area contributed by atoms with E-state index in [0.29, 0.717) is 18.8 Å². The van der Waals surface area contributed by atoms with Crippen LogP contribution in [0.25, 0.3) is 0 Å². The van der Waals surface area contributed by atoms with Gasteiger partial charge in [0.05, 0.1) is 17.8 Å². The van der Waals surface area contributed by atoms with Gasteiger partial charge in [0.25, 0.3) is 0 Å². The summed E-state index contributed by atoms with van der Waals surface area (Å²) in [5, 5.41) is 2.36. The number of hydrogen-bond acceptors (Lipinski definition) is 3. The highest BCUT2D eigenvalue weighted by Crippen LogP contribution is 2.37. The van der Waals surface area contributed by atoms with E-state index >= 15 is 0 Å². The predicted octanol–water partition coefficient (Wildman–Crippen LogP) is 3.05. The Kier molecular flexibility index (Phi) is 6.22. The first-order chi connectivity index (χ1) is 10.2. The van der Waals surface area contributed by atoms with Gasteiger partial charge in [-0.3, -0.25) is 9.69 Å². The van der Waals surface area contributed by atoms with Crippen molar-refractivity contribution in [2.24, 2.45) is 0 Å². The summed E-state index contributed by atoms with van der Waals surface area (Å²) in [6.07, 6.45) is -4.52. The normalized spacial score (nSPS) is 11.6. The van der Waals surface area contributed by atoms with Gasteiger partial charge in [-0.15, -0.1) is 0 Å². The molecular weight excluding hydrogens is 295 g/mol. The molecule has 1 rings (SSSR count). The molecule has 1 amide bonds. The highest BCUT2D eigenvalue weighted by Gasteiger charge is 2.34. The molecule has 1 aromatic carbocycles. The van der Waals surface area contributed by atoms with Crippen LogP contribution in [0, 0.1) is 0 Å². The van der Waals surface area contributed by atoms with E-state index in [1.165, 1.54) is 6.07 Å². The van der Waals surface area contributed by atoms with Crippen LogP contribution >= 0.6 is 0 Å². The molecule has 0 saturated heterocycles. The molecule has 0 aromatic heterocycles. The van der Waals surface area contributed by atoms with Crippen molar-refractivity contribution in [2.75, 3.05) is 43.9 Å². The first-order valence-electron chi connectivity index (χ1n) is 7.09. The monoisotopic (exact) mass is 317 g/mol. The van der Waals surface area contributed by atoms with Crippen molar-refractivity contribution in [3.05, 3.63) is 23.8 Å². The van der Waals surface area contributed by atoms with E-state index in [1.807, 2.05) is 18.7 Å². The lowest BCUT2D eigenvalue weighted by atomic mass is 10.1. The zero-order chi connectivity index (χ0) is 16.9. The fourth-order valence-corrected chi connectivity index (χ4v) is 1.99. The topological polar surface area (TPSA) is 35.6 Å². The minimum atomic E-state index is -4.52. The third-order valence-electron chi connectivity index (χ3n) is 3.36. The Labute approximate surface area is 128 Å². The number of nitrogens with one attached hydrogen (secondary N) is 1. The minimum Gasteiger partial charge on any atom is -0.378 e. The number of likely N-dealkylation sites (N-methyl/N-ethyl adjacent to an activating group) is 1. The van der Waals surface area contributed by atoms with Gasteiger partial charge >= 0.3 is 6.18 Å². The van der Waals surface area contributed by atoms with E-state index in [-0.39, 0.29) is 12.2 Å². The Morgan fingerprint density at radius 2 is 1.77 bits per heavy atom. The van der Waals surface area contributed by atoms with E-state index < -0.39 is 17.6 Å². The molecule has 0 radical (unpaired) electrons. The van der Waals surface area contributed by atoms with Crippen LogP contribution in [0.5, 0.6) is 0 Å². The molecule has 1 aromatic rings. The lowest BCUT2D eigenvalue weighted by Gasteiger charge is -2.20. The number of benzene rings is 1. The third kappa shape index (κ3) is 4.91. The van der Waals surface area contributed by atoms with Crippen LogP contribution in [0.3, 0.4) is 0 Å². The van der Waals surface area contributed by atoms with E-state index in [4.69, 9.17) is 0 Å². The molecule has 0 heterocycles. The summed E-state index contributed by atoms with van der Waals surface area (Å²) in [6.45, 7) is 5.18. The molecule has 1 N–H and O–H groups in total. The Bertz CT molecular complexity index is 511. The number of halogens is 3. The lowest BCUT2D eigenvalue weighted by molar-refractivity contribution is -0.136. The summed E-state index contributed by atoms with van der Waals surface area (Å²) in [4.78, 5) is 15.3. The number of hydrogen-bond donors (Lipinski definition) is 1. The first kappa shape index (κ1) is 18.3. The average molecular weight is 317 g/mol. The number of carbonyl (C=O) groups is 1. The zero-order valence-corrected chi connectivity index (χ0v) is 13.3. The van der Waals surface area contributed by atoms with Crippen LogP contribution in [-0.2, 0) is 11.0 Å². The Balaban J connectivity index is 3.01. The molecule has 0 atom stereocenters. The second-order valence-corrected chi connectivity index (χ2v) is 5.13. The average Bonchev–Trinajstić information content (AvgIpc) is 2.43. The van der Waals surface area contributed by atoms with Crippen molar-refractivity contribution in [3.63, 3.8) is 0 Å². The van der Waals surface area contributed by atoms with Crippen molar-refractivity contribution >= 4 is 17.3 Å². The fourth-order valence-electron chi connectivity index (χ4n) is 1.99. The molecule has 22 heavy (non-hydrogen) atoms. The van der Waals surface area contributed by atoms with E-state index in [1.54, 1.807) is 25.1 Å². The summed E-state index contributed by atoms with van der Waals surface area (Å²) in [6, 6.07) is 3.87. The SMILES string of the molecule is CCN(CC)CC(=O)Nc1ccc(N(C)C)cc1C(F)(F)F. The molecule has 0 aliphatic heterocycles. The molecule has 124 valence electrons. The van der Waals surface area contributed by atoms with Crippen LogP contribution in [-0.4, -0.2) is 44.5 Å². The fraction of sp³-hybridized carbons (Fsp3) is 0.533. The summed E-state index contributed by atoms with van der Waals surface area (Å²) in [7, 11) is 3.32. The zero-order valence-electron chi connectivity index (χ0n) is 13.3. The highest BCUT2D eigenvalue weighted by molar-refractivity contribution is 5.93. The lowest BCUT2D eigenvalue weighted by Crippen LogP contribution is -2.33. The van der Waals surface area contributed by atoms with Gasteiger partial charge in [-0.05, 0) is 31.3 Å². The van der Waals surface area contributed by atoms with Crippen molar-refractivity contribution in [1.82, 2.24) is 4.90 Å². The number of anilines is 2. The molecule has 4 nitrogen and oxygen atoms in total. The highest BCUT2D eigenvalue weighted by atomic mass is 19.4.